The van der Waals surface area contributed by atoms with Crippen LogP contribution < -0.4 is 16.7 Å². The summed E-state index contributed by atoms with van der Waals surface area (Å²) in [5, 5.41) is 12.2. The molecule has 0 aromatic carbocycles. The van der Waals surface area contributed by atoms with Crippen LogP contribution in [0.25, 0.3) is 0 Å². The molecule has 5 N–H and O–H groups in total. The number of anilines is 1. The van der Waals surface area contributed by atoms with Gasteiger partial charge in [0.1, 0.15) is 29.6 Å². The van der Waals surface area contributed by atoms with Crippen molar-refractivity contribution in [3.63, 3.8) is 0 Å². The average Bonchev–Trinajstić information content (AvgIpc) is 3.10. The molecule has 0 aliphatic carbocycles. The number of nitrogens with one attached hydrogen (secondary N) is 2. The van der Waals surface area contributed by atoms with Crippen molar-refractivity contribution in [2.75, 3.05) is 11.9 Å². The molecule has 0 bridgehead atoms. The first-order valence-electron chi connectivity index (χ1n) is 6.60. The van der Waals surface area contributed by atoms with E-state index in [0.29, 0.717) is 0 Å². The fraction of sp³-hybridized carbons (Fsp3) is 0.600. The smallest absolute Gasteiger partial charge is 0.329 e. The fourth-order valence-corrected chi connectivity index (χ4v) is 3.89. The highest BCUT2D eigenvalue weighted by molar-refractivity contribution is 7.75. The predicted molar refractivity (Wildman–Crippen MR) is 85.2 cm³/mol. The molecule has 0 spiro atoms. The number of fused-ring (bicyclic) bond motifs is 2. The number of aliphatic imine (C=N–C) groups is 1. The van der Waals surface area contributed by atoms with Crippen molar-refractivity contribution in [2.45, 2.75) is 30.2 Å². The number of hydrogen-bond acceptors (Lipinski definition) is 9. The second kappa shape index (κ2) is 6.29. The summed E-state index contributed by atoms with van der Waals surface area (Å²) >= 11 is 3.95. The molecule has 134 valence electrons. The highest BCUT2D eigenvalue weighted by Crippen LogP contribution is 2.40. The van der Waals surface area contributed by atoms with E-state index in [0.717, 1.165) is 0 Å². The van der Waals surface area contributed by atoms with E-state index in [-0.39, 0.29) is 36.4 Å². The van der Waals surface area contributed by atoms with E-state index >= 15 is 0 Å². The maximum atomic E-state index is 12.3. The van der Waals surface area contributed by atoms with Crippen LogP contribution in [-0.2, 0) is 24.5 Å². The Hall–Kier alpha value is -1.15. The quantitative estimate of drug-likeness (QED) is 0.345. The van der Waals surface area contributed by atoms with Crippen molar-refractivity contribution in [1.29, 1.82) is 0 Å². The molecule has 4 rings (SSSR count). The summed E-state index contributed by atoms with van der Waals surface area (Å²) in [4.78, 5) is 18.8. The molecule has 2 unspecified atom stereocenters. The predicted octanol–water partition coefficient (Wildman–Crippen LogP) is -1.50. The summed E-state index contributed by atoms with van der Waals surface area (Å²) < 4.78 is 28.6. The average molecular weight is 402 g/mol. The third-order valence-electron chi connectivity index (χ3n) is 3.79. The molecule has 3 aliphatic rings. The van der Waals surface area contributed by atoms with Crippen LogP contribution in [0.5, 0.6) is 0 Å². The first-order chi connectivity index (χ1) is 11.0. The molecule has 6 atom stereocenters. The summed E-state index contributed by atoms with van der Waals surface area (Å²) in [6, 6.07) is 0. The summed E-state index contributed by atoms with van der Waals surface area (Å²) in [5.41, 5.74) is 4.62. The van der Waals surface area contributed by atoms with Crippen molar-refractivity contribution in [1.82, 2.24) is 9.55 Å². The molecule has 1 aromatic rings. The number of aromatic nitrogens is 2. The largest absolute Gasteiger partial charge is 0.394 e. The molecular formula is C10H13Cl2N5O6S. The summed E-state index contributed by atoms with van der Waals surface area (Å²) in [7, 11) is 0. The van der Waals surface area contributed by atoms with Crippen LogP contribution in [-0.4, -0.2) is 55.2 Å². The van der Waals surface area contributed by atoms with Crippen molar-refractivity contribution in [3.05, 3.63) is 16.2 Å². The number of aliphatic hydroxyl groups is 1. The molecule has 4 heterocycles. The maximum absolute atomic E-state index is 12.3. The molecule has 0 saturated carbocycles. The standard InChI is InChI=1S/C10H12ClN5O6S.ClH/c11-9-14-6(12)3-7(15-9)16(10(18)13-3)8-5-4(2(1-17)20-8)21-23(19)22-5;/h2,4-5,8-9,15,17H,1H2,(H2,12,14)(H,13,18);1H/t2-,4-,5-,8-,9?,23?;/m1./s1. The van der Waals surface area contributed by atoms with Gasteiger partial charge in [-0.2, -0.15) is 4.21 Å². The zero-order chi connectivity index (χ0) is 16.3. The molecular weight excluding hydrogens is 389 g/mol. The molecule has 14 heteroatoms. The highest BCUT2D eigenvalue weighted by atomic mass is 35.5. The minimum atomic E-state index is -1.97. The number of ether oxygens (including phenoxy) is 1. The van der Waals surface area contributed by atoms with E-state index < -0.39 is 47.2 Å². The monoisotopic (exact) mass is 401 g/mol. The maximum Gasteiger partial charge on any atom is 0.329 e. The SMILES string of the molecule is Cl.NC1=NC(Cl)Nc2c1[nH]c(=O)n2[C@@H]1O[C@H](CO)[C@H]2OS(=O)O[C@H]21. The van der Waals surface area contributed by atoms with Gasteiger partial charge in [0.05, 0.1) is 6.61 Å². The van der Waals surface area contributed by atoms with Gasteiger partial charge in [0.15, 0.2) is 18.0 Å². The first-order valence-corrected chi connectivity index (χ1v) is 8.04. The lowest BCUT2D eigenvalue weighted by Gasteiger charge is -2.22. The van der Waals surface area contributed by atoms with Crippen molar-refractivity contribution in [2.24, 2.45) is 10.7 Å². The second-order valence-electron chi connectivity index (χ2n) is 5.09. The van der Waals surface area contributed by atoms with Crippen LogP contribution in [0.4, 0.5) is 5.82 Å². The van der Waals surface area contributed by atoms with Crippen molar-refractivity contribution in [3.8, 4) is 0 Å². The number of hydrogen-bond donors (Lipinski definition) is 4. The van der Waals surface area contributed by atoms with E-state index in [1.165, 1.54) is 4.57 Å². The number of imidazole rings is 1. The Morgan fingerprint density at radius 3 is 2.83 bits per heavy atom. The number of aliphatic hydroxyl groups excluding tert-OH is 1. The molecule has 11 nitrogen and oxygen atoms in total. The lowest BCUT2D eigenvalue weighted by atomic mass is 10.1. The van der Waals surface area contributed by atoms with Gasteiger partial charge in [0, 0.05) is 0 Å². The van der Waals surface area contributed by atoms with Gasteiger partial charge < -0.3 is 25.9 Å². The van der Waals surface area contributed by atoms with E-state index in [4.69, 9.17) is 30.4 Å². The van der Waals surface area contributed by atoms with Gasteiger partial charge in [0.2, 0.25) is 0 Å². The lowest BCUT2D eigenvalue weighted by Crippen LogP contribution is -2.34. The van der Waals surface area contributed by atoms with Crippen LogP contribution in [0.2, 0.25) is 0 Å². The van der Waals surface area contributed by atoms with E-state index in [2.05, 4.69) is 15.3 Å². The zero-order valence-corrected chi connectivity index (χ0v) is 14.1. The molecule has 0 amide bonds. The molecule has 2 saturated heterocycles. The minimum absolute atomic E-state index is 0. The van der Waals surface area contributed by atoms with Gasteiger partial charge in [-0.15, -0.1) is 12.4 Å². The number of halogens is 2. The number of nitrogens with zero attached hydrogens (tertiary/aromatic N) is 2. The normalized spacial score (nSPS) is 37.2. The molecule has 3 aliphatic heterocycles. The number of aromatic amines is 1. The van der Waals surface area contributed by atoms with Crippen LogP contribution in [0, 0.1) is 0 Å². The van der Waals surface area contributed by atoms with Crippen molar-refractivity contribution < 1.29 is 22.4 Å². The summed E-state index contributed by atoms with van der Waals surface area (Å²) in [6.07, 6.45) is -3.35. The van der Waals surface area contributed by atoms with Crippen LogP contribution in [0.1, 0.15) is 11.9 Å². The van der Waals surface area contributed by atoms with Crippen LogP contribution in [0.3, 0.4) is 0 Å². The number of rotatable bonds is 2. The molecule has 1 aromatic heterocycles. The minimum Gasteiger partial charge on any atom is -0.394 e. The summed E-state index contributed by atoms with van der Waals surface area (Å²) in [5.74, 6) is 0.334. The zero-order valence-electron chi connectivity index (χ0n) is 11.7. The Bertz CT molecular complexity index is 767. The van der Waals surface area contributed by atoms with Crippen LogP contribution >= 0.6 is 24.0 Å². The number of amidine groups is 1. The highest BCUT2D eigenvalue weighted by Gasteiger charge is 2.54. The first kappa shape index (κ1) is 17.7. The van der Waals surface area contributed by atoms with Gasteiger partial charge in [-0.25, -0.2) is 14.4 Å². The van der Waals surface area contributed by atoms with Gasteiger partial charge in [-0.3, -0.25) is 8.37 Å². The molecule has 0 radical (unpaired) electrons. The Balaban J connectivity index is 0.00000169. The third-order valence-corrected chi connectivity index (χ3v) is 4.76. The number of H-pyrrole nitrogens is 1. The van der Waals surface area contributed by atoms with Crippen molar-refractivity contribution >= 4 is 47.0 Å². The number of nitrogens with two attached hydrogens (primary N) is 1. The Labute approximate surface area is 148 Å². The van der Waals surface area contributed by atoms with E-state index in [1.807, 2.05) is 0 Å². The van der Waals surface area contributed by atoms with Gasteiger partial charge in [-0.1, -0.05) is 11.6 Å². The molecule has 2 fully saturated rings. The van der Waals surface area contributed by atoms with Gasteiger partial charge in [-0.05, 0) is 0 Å². The van der Waals surface area contributed by atoms with E-state index in [9.17, 15) is 14.1 Å². The Morgan fingerprint density at radius 1 is 1.42 bits per heavy atom. The van der Waals surface area contributed by atoms with Gasteiger partial charge in [0.25, 0.3) is 0 Å². The third kappa shape index (κ3) is 2.54. The lowest BCUT2D eigenvalue weighted by molar-refractivity contribution is -0.0545. The number of alkyl halides is 1. The van der Waals surface area contributed by atoms with Crippen LogP contribution in [0.15, 0.2) is 9.79 Å². The Kier molecular flexibility index (Phi) is 4.63. The topological polar surface area (TPSA) is 153 Å². The van der Waals surface area contributed by atoms with E-state index in [1.54, 1.807) is 0 Å². The second-order valence-corrected chi connectivity index (χ2v) is 6.30. The Morgan fingerprint density at radius 2 is 2.12 bits per heavy atom. The summed E-state index contributed by atoms with van der Waals surface area (Å²) in [6.45, 7) is -0.380. The fourth-order valence-electron chi connectivity index (χ4n) is 2.84. The van der Waals surface area contributed by atoms with Gasteiger partial charge >= 0.3 is 17.1 Å². The molecule has 24 heavy (non-hydrogen) atoms.